The summed E-state index contributed by atoms with van der Waals surface area (Å²) in [4.78, 5) is 32.6. The lowest BCUT2D eigenvalue weighted by molar-refractivity contribution is -0.174. The highest BCUT2D eigenvalue weighted by Crippen LogP contribution is 2.27. The van der Waals surface area contributed by atoms with Crippen LogP contribution in [0.15, 0.2) is 0 Å². The van der Waals surface area contributed by atoms with E-state index in [0.29, 0.717) is 0 Å². The van der Waals surface area contributed by atoms with Gasteiger partial charge in [0.2, 0.25) is 0 Å². The molecule has 80 valence electrons. The highest BCUT2D eigenvalue weighted by molar-refractivity contribution is 7.10. The van der Waals surface area contributed by atoms with Gasteiger partial charge in [0.1, 0.15) is 0 Å². The van der Waals surface area contributed by atoms with Crippen LogP contribution in [0.2, 0.25) is 0 Å². The van der Waals surface area contributed by atoms with Gasteiger partial charge in [-0.25, -0.2) is 0 Å². The first-order chi connectivity index (χ1) is 6.43. The van der Waals surface area contributed by atoms with Gasteiger partial charge >= 0.3 is 17.9 Å². The van der Waals surface area contributed by atoms with Crippen molar-refractivity contribution in [2.45, 2.75) is 19.8 Å². The smallest absolute Gasteiger partial charge is 0.337 e. The Labute approximate surface area is 82.5 Å². The maximum atomic E-state index is 11.1. The van der Waals surface area contributed by atoms with Crippen LogP contribution in [0.5, 0.6) is 0 Å². The molecule has 14 heavy (non-hydrogen) atoms. The molecule has 0 aliphatic heterocycles. The van der Waals surface area contributed by atoms with Crippen molar-refractivity contribution >= 4 is 27.4 Å². The van der Waals surface area contributed by atoms with E-state index in [0.717, 1.165) is 0 Å². The molecule has 2 N–H and O–H groups in total. The van der Waals surface area contributed by atoms with Gasteiger partial charge in [0.05, 0.1) is 9.47 Å². The molecule has 0 heterocycles. The van der Waals surface area contributed by atoms with Crippen molar-refractivity contribution in [2.75, 3.05) is 0 Å². The third-order valence-corrected chi connectivity index (χ3v) is 2.02. The summed E-state index contributed by atoms with van der Waals surface area (Å²) < 4.78 is 4.11. The van der Waals surface area contributed by atoms with E-state index in [-0.39, 0.29) is 12.8 Å². The summed E-state index contributed by atoms with van der Waals surface area (Å²) in [6, 6.07) is 0. The summed E-state index contributed by atoms with van der Waals surface area (Å²) >= 11 is 0. The second-order valence-corrected chi connectivity index (χ2v) is 2.91. The summed E-state index contributed by atoms with van der Waals surface area (Å²) in [5.74, 6) is -4.71. The number of carboxylic acids is 2. The summed E-state index contributed by atoms with van der Waals surface area (Å²) in [6.07, 6.45) is -0.0523. The molecule has 7 heteroatoms. The average molecular weight is 222 g/mol. The van der Waals surface area contributed by atoms with Crippen molar-refractivity contribution < 1.29 is 29.1 Å². The zero-order valence-electron chi connectivity index (χ0n) is 7.52. The van der Waals surface area contributed by atoms with Crippen molar-refractivity contribution in [3.8, 4) is 0 Å². The first-order valence-corrected chi connectivity index (χ1v) is 4.28. The quantitative estimate of drug-likeness (QED) is 0.511. The fourth-order valence-corrected chi connectivity index (χ4v) is 1.26. The van der Waals surface area contributed by atoms with E-state index in [1.165, 1.54) is 0 Å². The van der Waals surface area contributed by atoms with E-state index in [1.54, 1.807) is 16.4 Å². The molecule has 0 radical (unpaired) electrons. The predicted molar refractivity (Wildman–Crippen MR) is 48.4 cm³/mol. The topological polar surface area (TPSA) is 101 Å². The minimum atomic E-state index is -2.49. The molecule has 6 nitrogen and oxygen atoms in total. The number of hydrogen-bond acceptors (Lipinski definition) is 4. The zero-order valence-corrected chi connectivity index (χ0v) is 8.67. The van der Waals surface area contributed by atoms with E-state index in [2.05, 4.69) is 4.52 Å². The lowest BCUT2D eigenvalue weighted by Crippen LogP contribution is -2.46. The van der Waals surface area contributed by atoms with Crippen LogP contribution in [0.1, 0.15) is 19.8 Å². The Hall–Kier alpha value is -1.16. The molecule has 1 atom stereocenters. The lowest BCUT2D eigenvalue weighted by Gasteiger charge is -2.20. The molecule has 0 fully saturated rings. The normalized spacial score (nSPS) is 10.7. The fraction of sp³-hybridized carbons (Fsp3) is 0.571. The Bertz CT molecular complexity index is 247. The van der Waals surface area contributed by atoms with Crippen molar-refractivity contribution in [3.63, 3.8) is 0 Å². The molecule has 0 aromatic carbocycles. The molecule has 0 aliphatic rings. The number of hydrogen-bond donors (Lipinski definition) is 2. The second kappa shape index (κ2) is 4.91. The Morgan fingerprint density at radius 1 is 1.29 bits per heavy atom. The minimum absolute atomic E-state index is 0.248. The first kappa shape index (κ1) is 12.8. The minimum Gasteiger partial charge on any atom is -0.480 e. The van der Waals surface area contributed by atoms with Crippen molar-refractivity contribution in [1.82, 2.24) is 0 Å². The molecule has 0 bridgehead atoms. The molecule has 1 unspecified atom stereocenters. The maximum absolute atomic E-state index is 11.1. The SMILES string of the molecule is CCCC(C(=O)O)(C(=O)O)C(=O)OP. The monoisotopic (exact) mass is 222 g/mol. The van der Waals surface area contributed by atoms with Crippen molar-refractivity contribution in [3.05, 3.63) is 0 Å². The first-order valence-electron chi connectivity index (χ1n) is 3.81. The molecule has 0 spiro atoms. The average Bonchev–Trinajstić information content (AvgIpc) is 2.11. The molecule has 0 aromatic rings. The van der Waals surface area contributed by atoms with Gasteiger partial charge in [-0.15, -0.1) is 0 Å². The van der Waals surface area contributed by atoms with Crippen molar-refractivity contribution in [2.24, 2.45) is 5.41 Å². The van der Waals surface area contributed by atoms with Gasteiger partial charge in [0.25, 0.3) is 5.41 Å². The fourth-order valence-electron chi connectivity index (χ4n) is 1.06. The number of carbonyl (C=O) groups is 3. The Morgan fingerprint density at radius 2 is 1.71 bits per heavy atom. The zero-order chi connectivity index (χ0) is 11.4. The molecule has 0 amide bonds. The molecule has 0 saturated carbocycles. The molecule has 0 rings (SSSR count). The van der Waals surface area contributed by atoms with Gasteiger partial charge in [-0.1, -0.05) is 13.3 Å². The van der Waals surface area contributed by atoms with Crippen LogP contribution >= 0.6 is 9.47 Å². The Morgan fingerprint density at radius 3 is 1.93 bits per heavy atom. The lowest BCUT2D eigenvalue weighted by atomic mass is 9.83. The highest BCUT2D eigenvalue weighted by Gasteiger charge is 2.54. The third-order valence-electron chi connectivity index (χ3n) is 1.81. The Balaban J connectivity index is 5.26. The highest BCUT2D eigenvalue weighted by atomic mass is 31.0. The Kier molecular flexibility index (Phi) is 4.50. The molecule has 0 aromatic heterocycles. The standard InChI is InChI=1S/C7H11O6P/c1-2-3-7(4(8)9,5(10)11)6(12)13-14/h2-3,14H2,1H3,(H,8,9)(H,10,11). The van der Waals surface area contributed by atoms with Gasteiger partial charge in [-0.3, -0.25) is 14.4 Å². The van der Waals surface area contributed by atoms with Crippen LogP contribution in [-0.2, 0) is 18.9 Å². The van der Waals surface area contributed by atoms with Gasteiger partial charge in [-0.05, 0) is 6.42 Å². The maximum Gasteiger partial charge on any atom is 0.337 e. The van der Waals surface area contributed by atoms with E-state index in [9.17, 15) is 14.4 Å². The predicted octanol–water partition coefficient (Wildman–Crippen LogP) is 0.275. The van der Waals surface area contributed by atoms with Gasteiger partial charge in [-0.2, -0.15) is 0 Å². The van der Waals surface area contributed by atoms with Gasteiger partial charge < -0.3 is 14.7 Å². The van der Waals surface area contributed by atoms with Crippen LogP contribution in [0.4, 0.5) is 0 Å². The molecular formula is C7H11O6P. The van der Waals surface area contributed by atoms with E-state index in [4.69, 9.17) is 10.2 Å². The van der Waals surface area contributed by atoms with E-state index >= 15 is 0 Å². The largest absolute Gasteiger partial charge is 0.480 e. The van der Waals surface area contributed by atoms with Gasteiger partial charge in [0, 0.05) is 0 Å². The van der Waals surface area contributed by atoms with Crippen LogP contribution in [0, 0.1) is 5.41 Å². The third kappa shape index (κ3) is 2.01. The van der Waals surface area contributed by atoms with Crippen molar-refractivity contribution in [1.29, 1.82) is 0 Å². The summed E-state index contributed by atoms with van der Waals surface area (Å²) in [7, 11) is 1.55. The number of carbonyl (C=O) groups excluding carboxylic acids is 1. The van der Waals surface area contributed by atoms with Crippen LogP contribution < -0.4 is 0 Å². The van der Waals surface area contributed by atoms with Crippen LogP contribution in [-0.4, -0.2) is 28.1 Å². The molecule has 0 saturated heterocycles. The number of carboxylic acid groups (broad SMARTS) is 2. The molecule has 0 aliphatic carbocycles. The van der Waals surface area contributed by atoms with Gasteiger partial charge in [0.15, 0.2) is 0 Å². The summed E-state index contributed by atoms with van der Waals surface area (Å²) in [5.41, 5.74) is -2.49. The van der Waals surface area contributed by atoms with Crippen LogP contribution in [0.3, 0.4) is 0 Å². The second-order valence-electron chi connectivity index (χ2n) is 2.67. The molecular weight excluding hydrogens is 211 g/mol. The summed E-state index contributed by atoms with van der Waals surface area (Å²) in [5, 5.41) is 17.5. The number of rotatable bonds is 5. The summed E-state index contributed by atoms with van der Waals surface area (Å²) in [6.45, 7) is 1.58. The number of aliphatic carboxylic acids is 2. The van der Waals surface area contributed by atoms with E-state index in [1.807, 2.05) is 0 Å². The van der Waals surface area contributed by atoms with Crippen LogP contribution in [0.25, 0.3) is 0 Å². The van der Waals surface area contributed by atoms with E-state index < -0.39 is 23.3 Å².